The minimum Gasteiger partial charge on any atom is -0.497 e. The maximum Gasteiger partial charge on any atom is 0.324 e. The Bertz CT molecular complexity index is 816. The number of carbonyl (C=O) groups is 1. The number of ether oxygens (including phenoxy) is 1. The molecular formula is C22H31N5O3. The predicted molar refractivity (Wildman–Crippen MR) is 115 cm³/mol. The third-order valence-corrected chi connectivity index (χ3v) is 5.98. The van der Waals surface area contributed by atoms with Gasteiger partial charge in [0.05, 0.1) is 13.0 Å². The van der Waals surface area contributed by atoms with Crippen molar-refractivity contribution in [3.05, 3.63) is 24.3 Å². The molecule has 2 aromatic rings. The van der Waals surface area contributed by atoms with Crippen LogP contribution in [0.2, 0.25) is 0 Å². The van der Waals surface area contributed by atoms with Crippen LogP contribution in [-0.2, 0) is 4.79 Å². The van der Waals surface area contributed by atoms with E-state index in [-0.39, 0.29) is 11.8 Å². The Morgan fingerprint density at radius 2 is 2.00 bits per heavy atom. The summed E-state index contributed by atoms with van der Waals surface area (Å²) in [6.45, 7) is 5.66. The fourth-order valence-electron chi connectivity index (χ4n) is 4.23. The maximum atomic E-state index is 12.6. The van der Waals surface area contributed by atoms with Gasteiger partial charge in [0.2, 0.25) is 11.7 Å². The molecule has 0 radical (unpaired) electrons. The van der Waals surface area contributed by atoms with Crippen molar-refractivity contribution >= 4 is 11.9 Å². The molecular weight excluding hydrogens is 382 g/mol. The van der Waals surface area contributed by atoms with Crippen LogP contribution in [0.15, 0.2) is 28.8 Å². The van der Waals surface area contributed by atoms with Crippen molar-refractivity contribution in [1.82, 2.24) is 20.4 Å². The molecule has 0 aliphatic carbocycles. The highest BCUT2D eigenvalue weighted by molar-refractivity contribution is 5.79. The second kappa shape index (κ2) is 9.93. The van der Waals surface area contributed by atoms with Crippen molar-refractivity contribution in [3.63, 3.8) is 0 Å². The summed E-state index contributed by atoms with van der Waals surface area (Å²) in [7, 11) is 1.64. The lowest BCUT2D eigenvalue weighted by molar-refractivity contribution is -0.125. The van der Waals surface area contributed by atoms with Gasteiger partial charge >= 0.3 is 6.01 Å². The highest BCUT2D eigenvalue weighted by atomic mass is 16.5. The van der Waals surface area contributed by atoms with E-state index in [2.05, 4.69) is 20.4 Å². The van der Waals surface area contributed by atoms with E-state index in [1.807, 2.05) is 29.2 Å². The standard InChI is InChI=1S/C22H31N5O3/c1-29-19-9-7-17(8-10-19)20-24-22(30-25-20)27-15-4-6-18(16-27)21(28)23-11-5-14-26-12-2-3-13-26/h7-10,18H,2-6,11-16H2,1H3,(H,23,28)/t18-/m1/s1. The number of nitrogens with one attached hydrogen (secondary N) is 1. The van der Waals surface area contributed by atoms with E-state index in [4.69, 9.17) is 9.26 Å². The Morgan fingerprint density at radius 1 is 1.20 bits per heavy atom. The molecule has 0 bridgehead atoms. The fraction of sp³-hybridized carbons (Fsp3) is 0.591. The van der Waals surface area contributed by atoms with Gasteiger partial charge in [-0.2, -0.15) is 4.98 Å². The number of methoxy groups -OCH3 is 1. The molecule has 0 unspecified atom stereocenters. The smallest absolute Gasteiger partial charge is 0.324 e. The van der Waals surface area contributed by atoms with Gasteiger partial charge in [0, 0.05) is 25.2 Å². The molecule has 1 aromatic heterocycles. The van der Waals surface area contributed by atoms with Crippen LogP contribution in [0.25, 0.3) is 11.4 Å². The van der Waals surface area contributed by atoms with Crippen LogP contribution in [0.5, 0.6) is 5.75 Å². The molecule has 2 fully saturated rings. The Hall–Kier alpha value is -2.61. The molecule has 1 amide bonds. The minimum absolute atomic E-state index is 0.0399. The molecule has 0 spiro atoms. The van der Waals surface area contributed by atoms with E-state index in [0.29, 0.717) is 18.4 Å². The van der Waals surface area contributed by atoms with Crippen LogP contribution >= 0.6 is 0 Å². The van der Waals surface area contributed by atoms with Gasteiger partial charge in [-0.05, 0) is 76.0 Å². The average Bonchev–Trinajstić information content (AvgIpc) is 3.49. The van der Waals surface area contributed by atoms with Crippen molar-refractivity contribution in [2.45, 2.75) is 32.1 Å². The summed E-state index contributed by atoms with van der Waals surface area (Å²) in [4.78, 5) is 21.7. The Labute approximate surface area is 177 Å². The molecule has 1 N–H and O–H groups in total. The predicted octanol–water partition coefficient (Wildman–Crippen LogP) is 2.56. The first-order chi connectivity index (χ1) is 14.7. The number of hydrogen-bond acceptors (Lipinski definition) is 7. The van der Waals surface area contributed by atoms with Crippen LogP contribution in [0.4, 0.5) is 6.01 Å². The molecule has 1 atom stereocenters. The van der Waals surface area contributed by atoms with E-state index < -0.39 is 0 Å². The van der Waals surface area contributed by atoms with Crippen LogP contribution in [-0.4, -0.2) is 67.3 Å². The number of likely N-dealkylation sites (tertiary alicyclic amines) is 1. The molecule has 8 nitrogen and oxygen atoms in total. The first-order valence-electron chi connectivity index (χ1n) is 11.0. The second-order valence-electron chi connectivity index (χ2n) is 8.11. The van der Waals surface area contributed by atoms with Gasteiger partial charge in [0.15, 0.2) is 0 Å². The molecule has 0 saturated carbocycles. The Balaban J connectivity index is 1.28. The zero-order valence-electron chi connectivity index (χ0n) is 17.7. The fourth-order valence-corrected chi connectivity index (χ4v) is 4.23. The van der Waals surface area contributed by atoms with Crippen molar-refractivity contribution in [3.8, 4) is 17.1 Å². The number of carbonyl (C=O) groups excluding carboxylic acids is 1. The van der Waals surface area contributed by atoms with Crippen molar-refractivity contribution in [2.24, 2.45) is 5.92 Å². The van der Waals surface area contributed by atoms with Gasteiger partial charge in [0.1, 0.15) is 5.75 Å². The first kappa shape index (κ1) is 20.7. The monoisotopic (exact) mass is 413 g/mol. The third kappa shape index (κ3) is 5.11. The van der Waals surface area contributed by atoms with Gasteiger partial charge in [0.25, 0.3) is 0 Å². The summed E-state index contributed by atoms with van der Waals surface area (Å²) in [5.41, 5.74) is 0.870. The van der Waals surface area contributed by atoms with E-state index >= 15 is 0 Å². The molecule has 1 aromatic carbocycles. The molecule has 2 saturated heterocycles. The Morgan fingerprint density at radius 3 is 2.77 bits per heavy atom. The zero-order valence-corrected chi connectivity index (χ0v) is 17.7. The zero-order chi connectivity index (χ0) is 20.8. The first-order valence-corrected chi connectivity index (χ1v) is 11.0. The van der Waals surface area contributed by atoms with Gasteiger partial charge in [-0.3, -0.25) is 4.79 Å². The molecule has 8 heteroatoms. The highest BCUT2D eigenvalue weighted by Gasteiger charge is 2.28. The number of hydrogen-bond donors (Lipinski definition) is 1. The highest BCUT2D eigenvalue weighted by Crippen LogP contribution is 2.25. The average molecular weight is 414 g/mol. The number of aromatic nitrogens is 2. The number of anilines is 1. The van der Waals surface area contributed by atoms with Gasteiger partial charge < -0.3 is 24.4 Å². The topological polar surface area (TPSA) is 83.7 Å². The third-order valence-electron chi connectivity index (χ3n) is 5.98. The van der Waals surface area contributed by atoms with Crippen molar-refractivity contribution in [2.75, 3.05) is 51.3 Å². The lowest BCUT2D eigenvalue weighted by Crippen LogP contribution is -2.43. The normalized spacial score (nSPS) is 19.8. The number of rotatable bonds is 8. The lowest BCUT2D eigenvalue weighted by atomic mass is 9.97. The number of benzene rings is 1. The summed E-state index contributed by atoms with van der Waals surface area (Å²) in [6, 6.07) is 8.03. The lowest BCUT2D eigenvalue weighted by Gasteiger charge is -2.30. The van der Waals surface area contributed by atoms with E-state index in [1.54, 1.807) is 7.11 Å². The van der Waals surface area contributed by atoms with Crippen LogP contribution in [0, 0.1) is 5.92 Å². The molecule has 30 heavy (non-hydrogen) atoms. The summed E-state index contributed by atoms with van der Waals surface area (Å²) in [6.07, 6.45) is 5.46. The summed E-state index contributed by atoms with van der Waals surface area (Å²) in [5, 5.41) is 7.23. The van der Waals surface area contributed by atoms with Crippen molar-refractivity contribution in [1.29, 1.82) is 0 Å². The van der Waals surface area contributed by atoms with E-state index in [9.17, 15) is 4.79 Å². The van der Waals surface area contributed by atoms with Crippen molar-refractivity contribution < 1.29 is 14.1 Å². The number of nitrogens with zero attached hydrogens (tertiary/aromatic N) is 4. The van der Waals surface area contributed by atoms with Gasteiger partial charge in [-0.25, -0.2) is 0 Å². The second-order valence-corrected chi connectivity index (χ2v) is 8.11. The van der Waals surface area contributed by atoms with Crippen LogP contribution in [0.1, 0.15) is 32.1 Å². The molecule has 3 heterocycles. The molecule has 162 valence electrons. The number of amides is 1. The molecule has 2 aliphatic heterocycles. The largest absolute Gasteiger partial charge is 0.497 e. The quantitative estimate of drug-likeness (QED) is 0.666. The number of piperidine rings is 1. The summed E-state index contributed by atoms with van der Waals surface area (Å²) >= 11 is 0. The molecule has 2 aliphatic rings. The Kier molecular flexibility index (Phi) is 6.84. The maximum absolute atomic E-state index is 12.6. The van der Waals surface area contributed by atoms with Crippen LogP contribution in [0.3, 0.4) is 0 Å². The molecule has 4 rings (SSSR count). The summed E-state index contributed by atoms with van der Waals surface area (Å²) in [5.74, 6) is 1.42. The van der Waals surface area contributed by atoms with E-state index in [0.717, 1.165) is 50.2 Å². The van der Waals surface area contributed by atoms with Crippen LogP contribution < -0.4 is 15.0 Å². The minimum atomic E-state index is -0.0399. The van der Waals surface area contributed by atoms with E-state index in [1.165, 1.54) is 25.9 Å². The summed E-state index contributed by atoms with van der Waals surface area (Å²) < 4.78 is 10.7. The van der Waals surface area contributed by atoms with Gasteiger partial charge in [-0.15, -0.1) is 0 Å². The van der Waals surface area contributed by atoms with Gasteiger partial charge in [-0.1, -0.05) is 5.16 Å². The SMILES string of the molecule is COc1ccc(-c2noc(N3CCC[C@@H](C(=O)NCCCN4CCCC4)C3)n2)cc1.